The van der Waals surface area contributed by atoms with Crippen molar-refractivity contribution >= 4 is 51.9 Å². The average Bonchev–Trinajstić information content (AvgIpc) is 3.00. The maximum Gasteiger partial charge on any atom is 0.344 e. The van der Waals surface area contributed by atoms with Crippen LogP contribution in [0.2, 0.25) is 0 Å². The lowest BCUT2D eigenvalue weighted by molar-refractivity contribution is -0.144. The number of thioether (sulfide) groups is 1. The summed E-state index contributed by atoms with van der Waals surface area (Å²) in [6.07, 6.45) is 1.83. The Morgan fingerprint density at radius 1 is 1.23 bits per heavy atom. The third kappa shape index (κ3) is 4.91. The monoisotopic (exact) mass is 441 g/mol. The Labute approximate surface area is 185 Å². The van der Waals surface area contributed by atoms with Gasteiger partial charge in [0.15, 0.2) is 10.4 Å². The van der Waals surface area contributed by atoms with Gasteiger partial charge in [-0.15, -0.1) is 0 Å². The first-order valence-corrected chi connectivity index (χ1v) is 10.9. The molecule has 2 unspecified atom stereocenters. The molecule has 1 amide bonds. The van der Waals surface area contributed by atoms with Crippen LogP contribution in [0.5, 0.6) is 5.75 Å². The Hall–Kier alpha value is -2.64. The molecule has 1 fully saturated rings. The molecule has 2 aromatic carbocycles. The molecular formula is C23H23NO4S2. The van der Waals surface area contributed by atoms with Gasteiger partial charge in [-0.2, -0.15) is 0 Å². The summed E-state index contributed by atoms with van der Waals surface area (Å²) in [5, 5.41) is 9.00. The van der Waals surface area contributed by atoms with Crippen LogP contribution in [0.3, 0.4) is 0 Å². The predicted octanol–water partition coefficient (Wildman–Crippen LogP) is 5.46. The summed E-state index contributed by atoms with van der Waals surface area (Å²) in [4.78, 5) is 26.0. The van der Waals surface area contributed by atoms with E-state index in [2.05, 4.69) is 13.8 Å². The first-order valence-electron chi connectivity index (χ1n) is 9.67. The number of hydrogen-bond donors (Lipinski definition) is 1. The summed E-state index contributed by atoms with van der Waals surface area (Å²) >= 11 is 6.69. The zero-order valence-electron chi connectivity index (χ0n) is 17.0. The summed E-state index contributed by atoms with van der Waals surface area (Å²) in [5.74, 6) is -0.328. The molecule has 7 heteroatoms. The highest BCUT2D eigenvalue weighted by atomic mass is 32.2. The first kappa shape index (κ1) is 22.1. The fourth-order valence-electron chi connectivity index (χ4n) is 2.96. The molecule has 0 bridgehead atoms. The lowest BCUT2D eigenvalue weighted by atomic mass is 9.98. The van der Waals surface area contributed by atoms with Gasteiger partial charge >= 0.3 is 5.97 Å². The molecule has 0 saturated carbocycles. The highest BCUT2D eigenvalue weighted by molar-refractivity contribution is 8.27. The molecule has 0 spiro atoms. The fourth-order valence-corrected chi connectivity index (χ4v) is 4.26. The second kappa shape index (κ2) is 9.45. The van der Waals surface area contributed by atoms with E-state index in [1.54, 1.807) is 29.2 Å². The van der Waals surface area contributed by atoms with Crippen molar-refractivity contribution in [3.8, 4) is 5.75 Å². The lowest BCUT2D eigenvalue weighted by Crippen LogP contribution is -2.27. The molecule has 1 aliphatic heterocycles. The lowest BCUT2D eigenvalue weighted by Gasteiger charge is -2.16. The summed E-state index contributed by atoms with van der Waals surface area (Å²) in [6, 6.07) is 14.9. The number of carbonyl (C=O) groups is 2. The molecule has 0 aliphatic carbocycles. The van der Waals surface area contributed by atoms with Crippen molar-refractivity contribution in [1.29, 1.82) is 0 Å². The summed E-state index contributed by atoms with van der Waals surface area (Å²) < 4.78 is 5.88. The summed E-state index contributed by atoms with van der Waals surface area (Å²) in [6.45, 7) is 5.78. The molecule has 5 nitrogen and oxygen atoms in total. The maximum atomic E-state index is 13.0. The van der Waals surface area contributed by atoms with Crippen LogP contribution < -0.4 is 9.64 Å². The molecule has 2 aromatic rings. The van der Waals surface area contributed by atoms with E-state index >= 15 is 0 Å². The van der Waals surface area contributed by atoms with Gasteiger partial charge in [0.25, 0.3) is 5.91 Å². The number of carboxylic acids is 1. The van der Waals surface area contributed by atoms with Gasteiger partial charge in [0.05, 0.1) is 10.6 Å². The van der Waals surface area contributed by atoms with Crippen LogP contribution in [0, 0.1) is 0 Å². The Morgan fingerprint density at radius 2 is 1.93 bits per heavy atom. The van der Waals surface area contributed by atoms with E-state index in [1.165, 1.54) is 24.2 Å². The number of benzene rings is 2. The van der Waals surface area contributed by atoms with E-state index in [0.29, 0.717) is 20.9 Å². The summed E-state index contributed by atoms with van der Waals surface area (Å²) in [7, 11) is 0. The summed E-state index contributed by atoms with van der Waals surface area (Å²) in [5.41, 5.74) is 2.72. The first-order chi connectivity index (χ1) is 14.3. The van der Waals surface area contributed by atoms with Gasteiger partial charge in [-0.05, 0) is 60.7 Å². The minimum absolute atomic E-state index is 0.175. The molecule has 30 heavy (non-hydrogen) atoms. The van der Waals surface area contributed by atoms with Gasteiger partial charge < -0.3 is 9.84 Å². The third-order valence-corrected chi connectivity index (χ3v) is 6.25. The molecular weight excluding hydrogens is 418 g/mol. The van der Waals surface area contributed by atoms with Crippen LogP contribution in [-0.4, -0.2) is 27.4 Å². The van der Waals surface area contributed by atoms with Crippen LogP contribution >= 0.6 is 24.0 Å². The molecule has 0 radical (unpaired) electrons. The molecule has 1 aliphatic rings. The van der Waals surface area contributed by atoms with E-state index < -0.39 is 12.1 Å². The predicted molar refractivity (Wildman–Crippen MR) is 125 cm³/mol. The van der Waals surface area contributed by atoms with Gasteiger partial charge in [-0.1, -0.05) is 62.1 Å². The number of anilines is 1. The smallest absolute Gasteiger partial charge is 0.344 e. The van der Waals surface area contributed by atoms with Crippen molar-refractivity contribution in [2.75, 3.05) is 4.90 Å². The number of ether oxygens (including phenoxy) is 1. The number of aliphatic carboxylic acids is 1. The Morgan fingerprint density at radius 3 is 2.57 bits per heavy atom. The van der Waals surface area contributed by atoms with Crippen LogP contribution in [0.1, 0.15) is 44.2 Å². The molecule has 1 N–H and O–H groups in total. The second-order valence-electron chi connectivity index (χ2n) is 7.09. The van der Waals surface area contributed by atoms with E-state index in [9.17, 15) is 9.59 Å². The van der Waals surface area contributed by atoms with Crippen LogP contribution in [0.4, 0.5) is 5.69 Å². The standard InChI is InChI=1S/C23H23NO4S2/c1-4-14(2)17-8-10-18(11-9-17)24-21(25)20(30-23(24)29)13-16-6-5-7-19(12-16)28-15(3)22(26)27/h5-15H,4H2,1-3H3,(H,26,27)/b20-13+. The third-order valence-electron chi connectivity index (χ3n) is 4.94. The largest absolute Gasteiger partial charge is 0.479 e. The van der Waals surface area contributed by atoms with Crippen molar-refractivity contribution < 1.29 is 19.4 Å². The van der Waals surface area contributed by atoms with Crippen molar-refractivity contribution in [2.24, 2.45) is 0 Å². The number of carboxylic acid groups (broad SMARTS) is 1. The molecule has 1 saturated heterocycles. The number of rotatable bonds is 7. The van der Waals surface area contributed by atoms with Crippen LogP contribution in [0.15, 0.2) is 53.4 Å². The van der Waals surface area contributed by atoms with Gasteiger partial charge in [-0.3, -0.25) is 9.69 Å². The minimum atomic E-state index is -1.04. The maximum absolute atomic E-state index is 13.0. The van der Waals surface area contributed by atoms with E-state index in [0.717, 1.165) is 17.7 Å². The van der Waals surface area contributed by atoms with Gasteiger partial charge in [0, 0.05) is 0 Å². The van der Waals surface area contributed by atoms with Gasteiger partial charge in [0.2, 0.25) is 0 Å². The van der Waals surface area contributed by atoms with E-state index in [1.807, 2.05) is 30.3 Å². The van der Waals surface area contributed by atoms with Crippen LogP contribution in [0.25, 0.3) is 6.08 Å². The zero-order valence-corrected chi connectivity index (χ0v) is 18.6. The van der Waals surface area contributed by atoms with Gasteiger partial charge in [-0.25, -0.2) is 4.79 Å². The molecule has 1 heterocycles. The molecule has 3 rings (SSSR count). The fraction of sp³-hybridized carbons (Fsp3) is 0.261. The Balaban J connectivity index is 1.81. The number of hydrogen-bond acceptors (Lipinski definition) is 5. The highest BCUT2D eigenvalue weighted by Gasteiger charge is 2.33. The average molecular weight is 442 g/mol. The molecule has 0 aromatic heterocycles. The van der Waals surface area contributed by atoms with E-state index in [-0.39, 0.29) is 5.91 Å². The van der Waals surface area contributed by atoms with E-state index in [4.69, 9.17) is 22.1 Å². The van der Waals surface area contributed by atoms with Crippen molar-refractivity contribution in [2.45, 2.75) is 39.2 Å². The molecule has 2 atom stereocenters. The molecule has 156 valence electrons. The van der Waals surface area contributed by atoms with Crippen molar-refractivity contribution in [3.63, 3.8) is 0 Å². The number of carbonyl (C=O) groups excluding carboxylic acids is 1. The SMILES string of the molecule is CCC(C)c1ccc(N2C(=O)/C(=C\c3cccc(OC(C)C(=O)O)c3)SC2=S)cc1. The zero-order chi connectivity index (χ0) is 21.8. The highest BCUT2D eigenvalue weighted by Crippen LogP contribution is 2.36. The van der Waals surface area contributed by atoms with Crippen molar-refractivity contribution in [3.05, 3.63) is 64.6 Å². The number of nitrogens with zero attached hydrogens (tertiary/aromatic N) is 1. The number of amides is 1. The Bertz CT molecular complexity index is 1000. The number of thiocarbonyl (C=S) groups is 1. The second-order valence-corrected chi connectivity index (χ2v) is 8.76. The minimum Gasteiger partial charge on any atom is -0.479 e. The quantitative estimate of drug-likeness (QED) is 0.455. The normalized spacial score (nSPS) is 17.3. The van der Waals surface area contributed by atoms with Crippen LogP contribution in [-0.2, 0) is 9.59 Å². The van der Waals surface area contributed by atoms with Crippen molar-refractivity contribution in [1.82, 2.24) is 0 Å². The Kier molecular flexibility index (Phi) is 6.95. The van der Waals surface area contributed by atoms with Gasteiger partial charge in [0.1, 0.15) is 5.75 Å². The topological polar surface area (TPSA) is 66.8 Å².